The summed E-state index contributed by atoms with van der Waals surface area (Å²) in [5.41, 5.74) is 1.34. The molecule has 1 atom stereocenters. The third kappa shape index (κ3) is 5.48. The second-order valence-corrected chi connectivity index (χ2v) is 5.02. The third-order valence-corrected chi connectivity index (χ3v) is 3.56. The number of ether oxygens (including phenoxy) is 2. The lowest BCUT2D eigenvalue weighted by Gasteiger charge is -2.18. The Balaban J connectivity index is 2.47. The van der Waals surface area contributed by atoms with Crippen LogP contribution in [-0.4, -0.2) is 40.5 Å². The molecule has 0 aliphatic rings. The summed E-state index contributed by atoms with van der Waals surface area (Å²) in [7, 11) is 3.67. The van der Waals surface area contributed by atoms with Crippen molar-refractivity contribution in [3.8, 4) is 0 Å². The van der Waals surface area contributed by atoms with Crippen LogP contribution >= 0.6 is 15.9 Å². The Labute approximate surface area is 118 Å². The van der Waals surface area contributed by atoms with E-state index in [1.54, 1.807) is 7.11 Å². The van der Waals surface area contributed by atoms with Gasteiger partial charge in [-0.25, -0.2) is 0 Å². The predicted molar refractivity (Wildman–Crippen MR) is 78.1 cm³/mol. The average molecular weight is 316 g/mol. The van der Waals surface area contributed by atoms with Gasteiger partial charge < -0.3 is 14.8 Å². The topological polar surface area (TPSA) is 30.5 Å². The summed E-state index contributed by atoms with van der Waals surface area (Å²) in [6.07, 6.45) is 1.01. The van der Waals surface area contributed by atoms with Crippen LogP contribution in [0.4, 0.5) is 0 Å². The van der Waals surface area contributed by atoms with Crippen molar-refractivity contribution < 1.29 is 9.47 Å². The molecule has 1 aromatic carbocycles. The van der Waals surface area contributed by atoms with Crippen LogP contribution in [0.5, 0.6) is 0 Å². The molecule has 0 fully saturated rings. The maximum atomic E-state index is 5.54. The molecule has 0 saturated carbocycles. The van der Waals surface area contributed by atoms with Gasteiger partial charge in [0.1, 0.15) is 0 Å². The molecule has 0 aromatic heterocycles. The van der Waals surface area contributed by atoms with E-state index in [4.69, 9.17) is 9.47 Å². The van der Waals surface area contributed by atoms with Crippen molar-refractivity contribution in [3.05, 3.63) is 34.3 Å². The third-order valence-electron chi connectivity index (χ3n) is 2.84. The van der Waals surface area contributed by atoms with Gasteiger partial charge in [-0.3, -0.25) is 0 Å². The Morgan fingerprint density at radius 1 is 1.22 bits per heavy atom. The maximum Gasteiger partial charge on any atom is 0.0700 e. The molecule has 4 heteroatoms. The summed E-state index contributed by atoms with van der Waals surface area (Å²) in [4.78, 5) is 0. The summed E-state index contributed by atoms with van der Waals surface area (Å²) >= 11 is 3.61. The molecule has 0 bridgehead atoms. The SMILES string of the molecule is CNCC(CCOCCOC)c1ccccc1Br. The lowest BCUT2D eigenvalue weighted by Crippen LogP contribution is -2.19. The molecule has 1 N–H and O–H groups in total. The first-order valence-corrected chi connectivity index (χ1v) is 7.04. The Morgan fingerprint density at radius 2 is 2.00 bits per heavy atom. The number of hydrogen-bond acceptors (Lipinski definition) is 3. The largest absolute Gasteiger partial charge is 0.382 e. The Bertz CT molecular complexity index is 333. The minimum Gasteiger partial charge on any atom is -0.382 e. The van der Waals surface area contributed by atoms with Crippen LogP contribution < -0.4 is 5.32 Å². The van der Waals surface area contributed by atoms with Gasteiger partial charge in [0.25, 0.3) is 0 Å². The summed E-state index contributed by atoms with van der Waals surface area (Å²) in [5.74, 6) is 0.466. The summed E-state index contributed by atoms with van der Waals surface area (Å²) in [6.45, 7) is 3.04. The van der Waals surface area contributed by atoms with Crippen molar-refractivity contribution in [2.24, 2.45) is 0 Å². The van der Waals surface area contributed by atoms with Crippen molar-refractivity contribution in [2.75, 3.05) is 40.5 Å². The lowest BCUT2D eigenvalue weighted by molar-refractivity contribution is 0.0670. The van der Waals surface area contributed by atoms with Crippen LogP contribution in [0, 0.1) is 0 Å². The molecule has 1 rings (SSSR count). The normalized spacial score (nSPS) is 12.6. The molecular weight excluding hydrogens is 294 g/mol. The van der Waals surface area contributed by atoms with Crippen LogP contribution in [-0.2, 0) is 9.47 Å². The zero-order chi connectivity index (χ0) is 13.2. The van der Waals surface area contributed by atoms with E-state index in [2.05, 4.69) is 39.4 Å². The van der Waals surface area contributed by atoms with Gasteiger partial charge in [0.2, 0.25) is 0 Å². The molecule has 0 amide bonds. The minimum absolute atomic E-state index is 0.466. The number of likely N-dealkylation sites (N-methyl/N-ethyl adjacent to an activating group) is 1. The second-order valence-electron chi connectivity index (χ2n) is 4.17. The zero-order valence-corrected chi connectivity index (χ0v) is 12.7. The molecule has 0 saturated heterocycles. The molecule has 3 nitrogen and oxygen atoms in total. The highest BCUT2D eigenvalue weighted by molar-refractivity contribution is 9.10. The second kappa shape index (κ2) is 9.50. The van der Waals surface area contributed by atoms with E-state index in [1.165, 1.54) is 10.0 Å². The van der Waals surface area contributed by atoms with E-state index < -0.39 is 0 Å². The van der Waals surface area contributed by atoms with Crippen molar-refractivity contribution >= 4 is 15.9 Å². The van der Waals surface area contributed by atoms with Gasteiger partial charge in [0, 0.05) is 24.7 Å². The van der Waals surface area contributed by atoms with Crippen molar-refractivity contribution in [2.45, 2.75) is 12.3 Å². The maximum absolute atomic E-state index is 5.54. The van der Waals surface area contributed by atoms with E-state index >= 15 is 0 Å². The van der Waals surface area contributed by atoms with Crippen molar-refractivity contribution in [1.82, 2.24) is 5.32 Å². The summed E-state index contributed by atoms with van der Waals surface area (Å²) in [6, 6.07) is 8.37. The molecule has 0 radical (unpaired) electrons. The van der Waals surface area contributed by atoms with E-state index in [0.717, 1.165) is 19.6 Å². The van der Waals surface area contributed by atoms with E-state index in [1.807, 2.05) is 13.1 Å². The highest BCUT2D eigenvalue weighted by Crippen LogP contribution is 2.26. The van der Waals surface area contributed by atoms with Crippen molar-refractivity contribution in [1.29, 1.82) is 0 Å². The van der Waals surface area contributed by atoms with Crippen LogP contribution in [0.3, 0.4) is 0 Å². The van der Waals surface area contributed by atoms with E-state index in [0.29, 0.717) is 19.1 Å². The first-order valence-electron chi connectivity index (χ1n) is 6.25. The van der Waals surface area contributed by atoms with Gasteiger partial charge >= 0.3 is 0 Å². The first kappa shape index (κ1) is 15.6. The Kier molecular flexibility index (Phi) is 8.25. The van der Waals surface area contributed by atoms with Crippen LogP contribution in [0.25, 0.3) is 0 Å². The number of rotatable bonds is 9. The van der Waals surface area contributed by atoms with Crippen LogP contribution in [0.1, 0.15) is 17.9 Å². The number of hydrogen-bond donors (Lipinski definition) is 1. The minimum atomic E-state index is 0.466. The van der Waals surface area contributed by atoms with Gasteiger partial charge in [0.05, 0.1) is 13.2 Å². The van der Waals surface area contributed by atoms with E-state index in [-0.39, 0.29) is 0 Å². The average Bonchev–Trinajstić information content (AvgIpc) is 2.38. The monoisotopic (exact) mass is 315 g/mol. The molecule has 0 aliphatic carbocycles. The van der Waals surface area contributed by atoms with Gasteiger partial charge in [-0.05, 0) is 31.0 Å². The molecule has 0 aliphatic heterocycles. The summed E-state index contributed by atoms with van der Waals surface area (Å²) < 4.78 is 11.7. The number of halogens is 1. The quantitative estimate of drug-likeness (QED) is 0.711. The Morgan fingerprint density at radius 3 is 2.67 bits per heavy atom. The standard InChI is InChI=1S/C14H22BrNO2/c1-16-11-12(7-8-18-10-9-17-2)13-5-3-4-6-14(13)15/h3-6,12,16H,7-11H2,1-2H3. The van der Waals surface area contributed by atoms with Gasteiger partial charge in [-0.1, -0.05) is 34.1 Å². The van der Waals surface area contributed by atoms with Gasteiger partial charge in [0.15, 0.2) is 0 Å². The molecule has 0 spiro atoms. The molecule has 1 aromatic rings. The molecule has 102 valence electrons. The fourth-order valence-electron chi connectivity index (χ4n) is 1.89. The molecule has 18 heavy (non-hydrogen) atoms. The highest BCUT2D eigenvalue weighted by Gasteiger charge is 2.13. The van der Waals surface area contributed by atoms with E-state index in [9.17, 15) is 0 Å². The van der Waals surface area contributed by atoms with Gasteiger partial charge in [-0.15, -0.1) is 0 Å². The van der Waals surface area contributed by atoms with Crippen molar-refractivity contribution in [3.63, 3.8) is 0 Å². The fourth-order valence-corrected chi connectivity index (χ4v) is 2.50. The number of benzene rings is 1. The number of methoxy groups -OCH3 is 1. The molecule has 1 unspecified atom stereocenters. The fraction of sp³-hybridized carbons (Fsp3) is 0.571. The lowest BCUT2D eigenvalue weighted by atomic mass is 9.96. The van der Waals surface area contributed by atoms with Crippen LogP contribution in [0.15, 0.2) is 28.7 Å². The zero-order valence-electron chi connectivity index (χ0n) is 11.1. The molecular formula is C14H22BrNO2. The smallest absolute Gasteiger partial charge is 0.0700 e. The van der Waals surface area contributed by atoms with Gasteiger partial charge in [-0.2, -0.15) is 0 Å². The van der Waals surface area contributed by atoms with Crippen LogP contribution in [0.2, 0.25) is 0 Å². The first-order chi connectivity index (χ1) is 8.79. The highest BCUT2D eigenvalue weighted by atomic mass is 79.9. The molecule has 0 heterocycles. The predicted octanol–water partition coefficient (Wildman–Crippen LogP) is 2.81. The summed E-state index contributed by atoms with van der Waals surface area (Å²) in [5, 5.41) is 3.24. The number of nitrogens with one attached hydrogen (secondary N) is 1. The Hall–Kier alpha value is -0.420.